The number of rotatable bonds is 5. The van der Waals surface area contributed by atoms with Crippen molar-refractivity contribution < 1.29 is 4.39 Å². The second-order valence-electron chi connectivity index (χ2n) is 5.91. The Morgan fingerprint density at radius 2 is 2.25 bits per heavy atom. The van der Waals surface area contributed by atoms with Crippen molar-refractivity contribution in [1.29, 1.82) is 0 Å². The molecule has 2 rings (SSSR count). The Hall–Kier alpha value is -1.42. The van der Waals surface area contributed by atoms with E-state index >= 15 is 0 Å². The molecule has 0 atom stereocenters. The fourth-order valence-electron chi connectivity index (χ4n) is 2.35. The molecule has 0 amide bonds. The van der Waals surface area contributed by atoms with Crippen molar-refractivity contribution in [2.24, 2.45) is 5.92 Å². The topological polar surface area (TPSA) is 28.2 Å². The average Bonchev–Trinajstić information content (AvgIpc) is 2.40. The maximum absolute atomic E-state index is 13.4. The molecule has 20 heavy (non-hydrogen) atoms. The van der Waals surface area contributed by atoms with E-state index < -0.39 is 0 Å². The molecule has 0 unspecified atom stereocenters. The molecule has 1 aliphatic heterocycles. The average molecular weight is 277 g/mol. The number of hydrogen-bond acceptors (Lipinski definition) is 3. The molecule has 0 fully saturated rings. The Kier molecular flexibility index (Phi) is 5.12. The normalized spacial score (nSPS) is 15.7. The molecule has 1 N–H and O–H groups in total. The third-order valence-corrected chi connectivity index (χ3v) is 3.51. The van der Waals surface area contributed by atoms with Crippen LogP contribution in [-0.2, 0) is 6.54 Å². The van der Waals surface area contributed by atoms with Gasteiger partial charge in [0, 0.05) is 25.2 Å². The smallest absolute Gasteiger partial charge is 0.141 e. The third kappa shape index (κ3) is 4.04. The Bertz CT molecular complexity index is 483. The lowest BCUT2D eigenvalue weighted by atomic mass is 10.1. The maximum Gasteiger partial charge on any atom is 0.141 e. The van der Waals surface area contributed by atoms with Crippen LogP contribution in [0.5, 0.6) is 0 Å². The Morgan fingerprint density at radius 1 is 1.45 bits per heavy atom. The fraction of sp³-hybridized carbons (Fsp3) is 0.562. The number of nitrogens with zero attached hydrogens (tertiary/aromatic N) is 2. The van der Waals surface area contributed by atoms with Gasteiger partial charge in [0.1, 0.15) is 11.6 Å². The van der Waals surface area contributed by atoms with E-state index in [1.54, 1.807) is 6.07 Å². The van der Waals surface area contributed by atoms with Crippen LogP contribution >= 0.6 is 0 Å². The van der Waals surface area contributed by atoms with Gasteiger partial charge in [-0.1, -0.05) is 25.5 Å². The van der Waals surface area contributed by atoms with Gasteiger partial charge in [-0.15, -0.1) is 0 Å². The van der Waals surface area contributed by atoms with E-state index in [0.29, 0.717) is 12.5 Å². The van der Waals surface area contributed by atoms with Crippen LogP contribution in [0.4, 0.5) is 10.2 Å². The number of pyridine rings is 1. The first-order valence-electron chi connectivity index (χ1n) is 7.32. The van der Waals surface area contributed by atoms with E-state index in [0.717, 1.165) is 37.4 Å². The van der Waals surface area contributed by atoms with Crippen molar-refractivity contribution in [2.75, 3.05) is 24.5 Å². The maximum atomic E-state index is 13.4. The first kappa shape index (κ1) is 15.0. The van der Waals surface area contributed by atoms with Crippen LogP contribution in [0.2, 0.25) is 0 Å². The van der Waals surface area contributed by atoms with Gasteiger partial charge in [-0.05, 0) is 31.9 Å². The second kappa shape index (κ2) is 6.84. The summed E-state index contributed by atoms with van der Waals surface area (Å²) in [6.45, 7) is 9.89. The first-order chi connectivity index (χ1) is 9.56. The summed E-state index contributed by atoms with van der Waals surface area (Å²) in [5, 5.41) is 3.37. The van der Waals surface area contributed by atoms with Crippen LogP contribution in [0.1, 0.15) is 32.8 Å². The van der Waals surface area contributed by atoms with Crippen molar-refractivity contribution >= 4 is 5.82 Å². The third-order valence-electron chi connectivity index (χ3n) is 3.51. The van der Waals surface area contributed by atoms with Gasteiger partial charge in [-0.3, -0.25) is 0 Å². The summed E-state index contributed by atoms with van der Waals surface area (Å²) in [7, 11) is 0. The standard InChI is InChI=1S/C16H24FN3/c1-12(2)9-18-10-14-8-15(17)11-19-16(14)20-6-4-13(3)5-7-20/h4,8,11-12,18H,5-7,9-10H2,1-3H3. The number of halogens is 1. The molecule has 2 heterocycles. The summed E-state index contributed by atoms with van der Waals surface area (Å²) in [6.07, 6.45) is 4.59. The molecule has 0 saturated carbocycles. The summed E-state index contributed by atoms with van der Waals surface area (Å²) < 4.78 is 13.4. The van der Waals surface area contributed by atoms with Crippen LogP contribution < -0.4 is 10.2 Å². The van der Waals surface area contributed by atoms with Gasteiger partial charge in [0.05, 0.1) is 6.20 Å². The van der Waals surface area contributed by atoms with Crippen molar-refractivity contribution in [1.82, 2.24) is 10.3 Å². The minimum atomic E-state index is -0.265. The molecular formula is C16H24FN3. The van der Waals surface area contributed by atoms with E-state index in [4.69, 9.17) is 0 Å². The summed E-state index contributed by atoms with van der Waals surface area (Å²) in [4.78, 5) is 6.53. The molecule has 110 valence electrons. The molecule has 0 bridgehead atoms. The second-order valence-corrected chi connectivity index (χ2v) is 5.91. The van der Waals surface area contributed by atoms with E-state index in [1.807, 2.05) is 0 Å². The number of hydrogen-bond donors (Lipinski definition) is 1. The van der Waals surface area contributed by atoms with Crippen molar-refractivity contribution in [3.8, 4) is 0 Å². The molecule has 0 saturated heterocycles. The Labute approximate surface area is 120 Å². The molecule has 0 aliphatic carbocycles. The highest BCUT2D eigenvalue weighted by Crippen LogP contribution is 2.22. The zero-order chi connectivity index (χ0) is 14.5. The SMILES string of the molecule is CC1=CCN(c2ncc(F)cc2CNCC(C)C)CC1. The van der Waals surface area contributed by atoms with E-state index in [-0.39, 0.29) is 5.82 Å². The van der Waals surface area contributed by atoms with E-state index in [2.05, 4.69) is 42.0 Å². The first-order valence-corrected chi connectivity index (χ1v) is 7.32. The molecule has 3 nitrogen and oxygen atoms in total. The van der Waals surface area contributed by atoms with Gasteiger partial charge in [0.15, 0.2) is 0 Å². The number of nitrogens with one attached hydrogen (secondary N) is 1. The lowest BCUT2D eigenvalue weighted by Gasteiger charge is -2.28. The Balaban J connectivity index is 2.11. The zero-order valence-electron chi connectivity index (χ0n) is 12.6. The summed E-state index contributed by atoms with van der Waals surface area (Å²) in [6, 6.07) is 1.60. The summed E-state index contributed by atoms with van der Waals surface area (Å²) in [5.74, 6) is 1.23. The van der Waals surface area contributed by atoms with Gasteiger partial charge in [-0.25, -0.2) is 9.37 Å². The van der Waals surface area contributed by atoms with Gasteiger partial charge in [-0.2, -0.15) is 0 Å². The summed E-state index contributed by atoms with van der Waals surface area (Å²) >= 11 is 0. The highest BCUT2D eigenvalue weighted by Gasteiger charge is 2.15. The van der Waals surface area contributed by atoms with E-state index in [1.165, 1.54) is 11.8 Å². The van der Waals surface area contributed by atoms with Crippen LogP contribution in [0, 0.1) is 11.7 Å². The molecular weight excluding hydrogens is 253 g/mol. The molecule has 0 radical (unpaired) electrons. The van der Waals surface area contributed by atoms with Gasteiger partial charge >= 0.3 is 0 Å². The highest BCUT2D eigenvalue weighted by molar-refractivity contribution is 5.48. The molecule has 1 aromatic rings. The molecule has 1 aliphatic rings. The Morgan fingerprint density at radius 3 is 2.90 bits per heavy atom. The van der Waals surface area contributed by atoms with Crippen molar-refractivity contribution in [3.63, 3.8) is 0 Å². The van der Waals surface area contributed by atoms with Gasteiger partial charge in [0.25, 0.3) is 0 Å². The van der Waals surface area contributed by atoms with Crippen LogP contribution in [0.25, 0.3) is 0 Å². The minimum Gasteiger partial charge on any atom is -0.352 e. The molecule has 0 spiro atoms. The van der Waals surface area contributed by atoms with Gasteiger partial charge in [0.2, 0.25) is 0 Å². The molecule has 4 heteroatoms. The van der Waals surface area contributed by atoms with Crippen molar-refractivity contribution in [2.45, 2.75) is 33.7 Å². The fourth-order valence-corrected chi connectivity index (χ4v) is 2.35. The predicted octanol–water partition coefficient (Wildman–Crippen LogP) is 3.12. The zero-order valence-corrected chi connectivity index (χ0v) is 12.6. The lowest BCUT2D eigenvalue weighted by molar-refractivity contribution is 0.548. The quantitative estimate of drug-likeness (QED) is 0.838. The number of anilines is 1. The van der Waals surface area contributed by atoms with Crippen LogP contribution in [0.3, 0.4) is 0 Å². The predicted molar refractivity (Wildman–Crippen MR) is 81.3 cm³/mol. The monoisotopic (exact) mass is 277 g/mol. The van der Waals surface area contributed by atoms with Gasteiger partial charge < -0.3 is 10.2 Å². The van der Waals surface area contributed by atoms with E-state index in [9.17, 15) is 4.39 Å². The largest absolute Gasteiger partial charge is 0.352 e. The highest BCUT2D eigenvalue weighted by atomic mass is 19.1. The summed E-state index contributed by atoms with van der Waals surface area (Å²) in [5.41, 5.74) is 2.36. The molecule has 0 aromatic carbocycles. The van der Waals surface area contributed by atoms with Crippen molar-refractivity contribution in [3.05, 3.63) is 35.3 Å². The van der Waals surface area contributed by atoms with Crippen LogP contribution in [0.15, 0.2) is 23.9 Å². The lowest BCUT2D eigenvalue weighted by Crippen LogP contribution is -2.31. The number of aromatic nitrogens is 1. The minimum absolute atomic E-state index is 0.265. The molecule has 1 aromatic heterocycles. The van der Waals surface area contributed by atoms with Crippen LogP contribution in [-0.4, -0.2) is 24.6 Å².